The summed E-state index contributed by atoms with van der Waals surface area (Å²) >= 11 is 0. The number of hydrogen-bond acceptors (Lipinski definition) is 6. The van der Waals surface area contributed by atoms with Crippen molar-refractivity contribution in [1.82, 2.24) is 10.3 Å². The van der Waals surface area contributed by atoms with Crippen LogP contribution in [-0.4, -0.2) is 39.6 Å². The first-order valence-corrected chi connectivity index (χ1v) is 11.4. The van der Waals surface area contributed by atoms with Crippen LogP contribution in [0, 0.1) is 13.8 Å². The average molecular weight is 456 g/mol. The minimum Gasteiger partial charge on any atom is -0.439 e. The van der Waals surface area contributed by atoms with Gasteiger partial charge < -0.3 is 14.8 Å². The number of pyridine rings is 1. The molecule has 168 valence electrons. The van der Waals surface area contributed by atoms with Crippen molar-refractivity contribution in [3.8, 4) is 11.6 Å². The molecule has 0 atom stereocenters. The number of nitrogens with one attached hydrogen (secondary N) is 2. The fourth-order valence-corrected chi connectivity index (χ4v) is 4.25. The van der Waals surface area contributed by atoms with Gasteiger partial charge in [0.15, 0.2) is 0 Å². The molecule has 0 aliphatic carbocycles. The molecular formula is C23H25N3O5S. The summed E-state index contributed by atoms with van der Waals surface area (Å²) in [7, 11) is -2.16. The van der Waals surface area contributed by atoms with E-state index in [1.165, 1.54) is 6.20 Å². The number of methoxy groups -OCH3 is 1. The second-order valence-corrected chi connectivity index (χ2v) is 8.79. The van der Waals surface area contributed by atoms with Crippen molar-refractivity contribution in [2.24, 2.45) is 0 Å². The third-order valence-corrected chi connectivity index (χ3v) is 6.08. The molecule has 0 radical (unpaired) electrons. The normalized spacial score (nSPS) is 11.1. The van der Waals surface area contributed by atoms with Crippen LogP contribution in [0.3, 0.4) is 0 Å². The summed E-state index contributed by atoms with van der Waals surface area (Å²) in [6.45, 7) is 4.53. The lowest BCUT2D eigenvalue weighted by Crippen LogP contribution is -2.26. The number of benzene rings is 2. The Labute approximate surface area is 187 Å². The number of amides is 1. The summed E-state index contributed by atoms with van der Waals surface area (Å²) in [6.07, 6.45) is 1.38. The van der Waals surface area contributed by atoms with E-state index in [0.717, 1.165) is 5.56 Å². The quantitative estimate of drug-likeness (QED) is 0.477. The summed E-state index contributed by atoms with van der Waals surface area (Å²) in [6, 6.07) is 14.9. The highest BCUT2D eigenvalue weighted by Gasteiger charge is 2.17. The molecule has 32 heavy (non-hydrogen) atoms. The second kappa shape index (κ2) is 10.3. The first-order chi connectivity index (χ1) is 15.3. The van der Waals surface area contributed by atoms with Crippen LogP contribution in [0.25, 0.3) is 0 Å². The van der Waals surface area contributed by atoms with Gasteiger partial charge in [0.05, 0.1) is 23.4 Å². The Morgan fingerprint density at radius 1 is 1.03 bits per heavy atom. The minimum absolute atomic E-state index is 0.202. The minimum atomic E-state index is -3.73. The topological polar surface area (TPSA) is 107 Å². The van der Waals surface area contributed by atoms with Crippen LogP contribution in [0.1, 0.15) is 21.5 Å². The van der Waals surface area contributed by atoms with E-state index >= 15 is 0 Å². The van der Waals surface area contributed by atoms with Crippen LogP contribution in [0.2, 0.25) is 0 Å². The second-order valence-electron chi connectivity index (χ2n) is 7.13. The molecule has 2 N–H and O–H groups in total. The molecule has 3 rings (SSSR count). The van der Waals surface area contributed by atoms with Crippen LogP contribution in [-0.2, 0) is 14.8 Å². The van der Waals surface area contributed by atoms with Crippen LogP contribution in [0.5, 0.6) is 11.6 Å². The number of anilines is 1. The van der Waals surface area contributed by atoms with Crippen molar-refractivity contribution in [3.05, 3.63) is 77.5 Å². The fourth-order valence-electron chi connectivity index (χ4n) is 2.98. The number of hydrogen-bond donors (Lipinski definition) is 2. The number of aryl methyl sites for hydroxylation is 2. The molecule has 0 saturated carbocycles. The van der Waals surface area contributed by atoms with Gasteiger partial charge in [-0.1, -0.05) is 17.7 Å². The highest BCUT2D eigenvalue weighted by molar-refractivity contribution is 7.92. The Morgan fingerprint density at radius 3 is 2.41 bits per heavy atom. The van der Waals surface area contributed by atoms with Gasteiger partial charge in [0.25, 0.3) is 15.9 Å². The van der Waals surface area contributed by atoms with E-state index in [9.17, 15) is 13.2 Å². The highest BCUT2D eigenvalue weighted by Crippen LogP contribution is 2.23. The maximum absolute atomic E-state index is 12.7. The van der Waals surface area contributed by atoms with Gasteiger partial charge in [-0.05, 0) is 55.8 Å². The van der Waals surface area contributed by atoms with Crippen molar-refractivity contribution in [2.75, 3.05) is 25.0 Å². The molecule has 3 aromatic rings. The number of aromatic nitrogens is 1. The van der Waals surface area contributed by atoms with Crippen LogP contribution in [0.15, 0.2) is 65.7 Å². The molecule has 9 heteroatoms. The standard InChI is InChI=1S/C23H25N3O5S/c1-16-4-10-21(17(2)14-16)32(28,29)26-19-7-11-22(25-15-19)31-20-8-5-18(6-9-20)23(27)24-12-13-30-3/h4-11,14-15,26H,12-13H2,1-3H3,(H,24,27). The highest BCUT2D eigenvalue weighted by atomic mass is 32.2. The number of carbonyl (C=O) groups excluding carboxylic acids is 1. The lowest BCUT2D eigenvalue weighted by molar-refractivity contribution is 0.0937. The van der Waals surface area contributed by atoms with Gasteiger partial charge in [0, 0.05) is 25.3 Å². The van der Waals surface area contributed by atoms with Crippen LogP contribution in [0.4, 0.5) is 5.69 Å². The molecule has 0 aliphatic rings. The summed E-state index contributed by atoms with van der Waals surface area (Å²) in [5, 5.41) is 2.74. The zero-order chi connectivity index (χ0) is 23.1. The summed E-state index contributed by atoms with van der Waals surface area (Å²) in [5.74, 6) is 0.582. The molecule has 1 heterocycles. The Bertz CT molecular complexity index is 1180. The zero-order valence-electron chi connectivity index (χ0n) is 18.1. The van der Waals surface area contributed by atoms with Gasteiger partial charge in [-0.3, -0.25) is 9.52 Å². The smallest absolute Gasteiger partial charge is 0.262 e. The van der Waals surface area contributed by atoms with Gasteiger partial charge in [-0.2, -0.15) is 0 Å². The predicted octanol–water partition coefficient (Wildman–Crippen LogP) is 3.67. The largest absolute Gasteiger partial charge is 0.439 e. The van der Waals surface area contributed by atoms with Crippen molar-refractivity contribution in [3.63, 3.8) is 0 Å². The maximum atomic E-state index is 12.7. The van der Waals surface area contributed by atoms with Crippen molar-refractivity contribution < 1.29 is 22.7 Å². The molecule has 0 saturated heterocycles. The molecule has 0 fully saturated rings. The van der Waals surface area contributed by atoms with Crippen LogP contribution < -0.4 is 14.8 Å². The van der Waals surface area contributed by atoms with Gasteiger partial charge in [0.2, 0.25) is 5.88 Å². The van der Waals surface area contributed by atoms with Crippen molar-refractivity contribution in [1.29, 1.82) is 0 Å². The molecule has 0 aliphatic heterocycles. The molecule has 8 nitrogen and oxygen atoms in total. The van der Waals surface area contributed by atoms with E-state index in [1.54, 1.807) is 62.6 Å². The van der Waals surface area contributed by atoms with Gasteiger partial charge in [-0.15, -0.1) is 0 Å². The lowest BCUT2D eigenvalue weighted by Gasteiger charge is -2.11. The van der Waals surface area contributed by atoms with E-state index in [2.05, 4.69) is 15.0 Å². The third-order valence-electron chi connectivity index (χ3n) is 4.54. The number of ether oxygens (including phenoxy) is 2. The molecule has 0 unspecified atom stereocenters. The Balaban J connectivity index is 1.63. The summed E-state index contributed by atoms with van der Waals surface area (Å²) in [4.78, 5) is 16.4. The van der Waals surface area contributed by atoms with E-state index < -0.39 is 10.0 Å². The van der Waals surface area contributed by atoms with Gasteiger partial charge >= 0.3 is 0 Å². The maximum Gasteiger partial charge on any atom is 0.262 e. The molecule has 1 amide bonds. The average Bonchev–Trinajstić information content (AvgIpc) is 2.75. The molecule has 0 bridgehead atoms. The first kappa shape index (κ1) is 23.2. The first-order valence-electron chi connectivity index (χ1n) is 9.89. The summed E-state index contributed by atoms with van der Waals surface area (Å²) in [5.41, 5.74) is 2.48. The monoisotopic (exact) mass is 455 g/mol. The molecule has 1 aromatic heterocycles. The molecular weight excluding hydrogens is 430 g/mol. The molecule has 2 aromatic carbocycles. The van der Waals surface area contributed by atoms with Crippen molar-refractivity contribution >= 4 is 21.6 Å². The number of rotatable bonds is 9. The number of nitrogens with zero attached hydrogens (tertiary/aromatic N) is 1. The Kier molecular flexibility index (Phi) is 7.45. The van der Waals surface area contributed by atoms with Gasteiger partial charge in [0.1, 0.15) is 5.75 Å². The van der Waals surface area contributed by atoms with Crippen LogP contribution >= 0.6 is 0 Å². The predicted molar refractivity (Wildman–Crippen MR) is 122 cm³/mol. The summed E-state index contributed by atoms with van der Waals surface area (Å²) < 4.78 is 38.4. The SMILES string of the molecule is COCCNC(=O)c1ccc(Oc2ccc(NS(=O)(=O)c3ccc(C)cc3C)cn2)cc1. The van der Waals surface area contributed by atoms with E-state index in [1.807, 2.05) is 13.0 Å². The fraction of sp³-hybridized carbons (Fsp3) is 0.217. The lowest BCUT2D eigenvalue weighted by atomic mass is 10.2. The van der Waals surface area contributed by atoms with E-state index in [4.69, 9.17) is 9.47 Å². The zero-order valence-corrected chi connectivity index (χ0v) is 18.9. The van der Waals surface area contributed by atoms with E-state index in [-0.39, 0.29) is 16.7 Å². The van der Waals surface area contributed by atoms with Crippen molar-refractivity contribution in [2.45, 2.75) is 18.7 Å². The van der Waals surface area contributed by atoms with Gasteiger partial charge in [-0.25, -0.2) is 13.4 Å². The Hall–Kier alpha value is -3.43. The third kappa shape index (κ3) is 6.05. The number of carbonyl (C=O) groups is 1. The van der Waals surface area contributed by atoms with E-state index in [0.29, 0.717) is 35.7 Å². The molecule has 0 spiro atoms. The number of sulfonamides is 1. The Morgan fingerprint density at radius 2 is 1.78 bits per heavy atom.